The maximum Gasteiger partial charge on any atom is 0.238 e. The zero-order chi connectivity index (χ0) is 25.0. The van der Waals surface area contributed by atoms with Crippen molar-refractivity contribution in [2.45, 2.75) is 44.8 Å². The normalized spacial score (nSPS) is 19.2. The van der Waals surface area contributed by atoms with Gasteiger partial charge in [-0.1, -0.05) is 23.7 Å². The van der Waals surface area contributed by atoms with Gasteiger partial charge in [0.05, 0.1) is 31.3 Å². The van der Waals surface area contributed by atoms with E-state index in [9.17, 15) is 9.90 Å². The van der Waals surface area contributed by atoms with Crippen molar-refractivity contribution in [2.75, 3.05) is 44.4 Å². The summed E-state index contributed by atoms with van der Waals surface area (Å²) in [6.45, 7) is 8.73. The van der Waals surface area contributed by atoms with E-state index in [2.05, 4.69) is 15.3 Å². The average Bonchev–Trinajstić information content (AvgIpc) is 3.25. The fourth-order valence-corrected chi connectivity index (χ4v) is 4.18. The number of amides is 1. The van der Waals surface area contributed by atoms with Crippen molar-refractivity contribution >= 4 is 23.3 Å². The Hall–Kier alpha value is -2.62. The van der Waals surface area contributed by atoms with Crippen molar-refractivity contribution in [3.8, 4) is 11.6 Å². The molecule has 0 aliphatic carbocycles. The van der Waals surface area contributed by atoms with E-state index in [1.54, 1.807) is 13.8 Å². The molecule has 1 aromatic heterocycles. The third-order valence-electron chi connectivity index (χ3n) is 6.09. The molecule has 190 valence electrons. The monoisotopic (exact) mass is 504 g/mol. The Balaban J connectivity index is 1.30. The fourth-order valence-electron chi connectivity index (χ4n) is 3.91. The van der Waals surface area contributed by atoms with Gasteiger partial charge in [0, 0.05) is 25.4 Å². The topological polar surface area (TPSA) is 106 Å². The zero-order valence-electron chi connectivity index (χ0n) is 20.4. The summed E-state index contributed by atoms with van der Waals surface area (Å²) in [5.74, 6) is 1.80. The number of hydrogen-bond donors (Lipinski definition) is 2. The minimum Gasteiger partial charge on any atom is -0.489 e. The Kier molecular flexibility index (Phi) is 7.98. The first kappa shape index (κ1) is 25.5. The molecule has 35 heavy (non-hydrogen) atoms. The Morgan fingerprint density at radius 2 is 2.06 bits per heavy atom. The minimum absolute atomic E-state index is 0.0182. The highest BCUT2D eigenvalue weighted by Crippen LogP contribution is 2.33. The van der Waals surface area contributed by atoms with Gasteiger partial charge in [0.15, 0.2) is 5.82 Å². The summed E-state index contributed by atoms with van der Waals surface area (Å²) in [5.41, 5.74) is -0.0528. The van der Waals surface area contributed by atoms with Crippen LogP contribution in [-0.4, -0.2) is 72.1 Å². The van der Waals surface area contributed by atoms with Crippen LogP contribution >= 0.6 is 11.6 Å². The molecule has 2 N–H and O–H groups in total. The third kappa shape index (κ3) is 6.74. The van der Waals surface area contributed by atoms with Crippen LogP contribution in [0.4, 0.5) is 5.82 Å². The number of hydrogen-bond acceptors (Lipinski definition) is 8. The van der Waals surface area contributed by atoms with E-state index in [0.29, 0.717) is 29.8 Å². The van der Waals surface area contributed by atoms with Crippen LogP contribution in [0.2, 0.25) is 5.02 Å². The van der Waals surface area contributed by atoms with Crippen LogP contribution in [0.5, 0.6) is 11.6 Å². The van der Waals surface area contributed by atoms with Crippen molar-refractivity contribution in [3.05, 3.63) is 41.2 Å². The van der Waals surface area contributed by atoms with E-state index in [1.807, 2.05) is 36.1 Å². The third-order valence-corrected chi connectivity index (χ3v) is 6.42. The summed E-state index contributed by atoms with van der Waals surface area (Å²) >= 11 is 6.50. The van der Waals surface area contributed by atoms with Crippen molar-refractivity contribution in [1.82, 2.24) is 15.3 Å². The molecule has 2 aliphatic rings. The number of benzene rings is 1. The van der Waals surface area contributed by atoms with Crippen LogP contribution in [0, 0.1) is 5.92 Å². The van der Waals surface area contributed by atoms with Crippen LogP contribution in [0.25, 0.3) is 0 Å². The zero-order valence-corrected chi connectivity index (χ0v) is 21.1. The van der Waals surface area contributed by atoms with Crippen LogP contribution in [0.1, 0.15) is 38.7 Å². The standard InChI is InChI=1S/C25H33ClN4O5/c1-16(23(31)27-10-17-12-33-13-17)18-4-6-19(7-5-18)35-20-8-9-30(11-20)22-21(26)24(29-15-28-22)34-14-25(2,3)32/h4-7,15-17,20,32H,8-14H2,1-3H3,(H,27,31)/t16?,20-/m1/s1. The molecule has 2 atom stereocenters. The minimum atomic E-state index is -0.996. The van der Waals surface area contributed by atoms with E-state index in [0.717, 1.165) is 37.5 Å². The lowest BCUT2D eigenvalue weighted by Crippen LogP contribution is -2.40. The molecule has 1 aromatic carbocycles. The molecule has 1 unspecified atom stereocenters. The number of halogens is 1. The molecule has 0 radical (unpaired) electrons. The van der Waals surface area contributed by atoms with Gasteiger partial charge >= 0.3 is 0 Å². The molecule has 0 bridgehead atoms. The van der Waals surface area contributed by atoms with Gasteiger partial charge in [-0.15, -0.1) is 0 Å². The van der Waals surface area contributed by atoms with E-state index in [-0.39, 0.29) is 30.4 Å². The number of rotatable bonds is 10. The summed E-state index contributed by atoms with van der Waals surface area (Å²) in [7, 11) is 0. The molecule has 0 spiro atoms. The van der Waals surface area contributed by atoms with Gasteiger partial charge in [0.1, 0.15) is 29.8 Å². The van der Waals surface area contributed by atoms with Crippen molar-refractivity contribution < 1.29 is 24.1 Å². The number of anilines is 1. The highest BCUT2D eigenvalue weighted by atomic mass is 35.5. The average molecular weight is 505 g/mol. The smallest absolute Gasteiger partial charge is 0.238 e. The molecule has 9 nitrogen and oxygen atoms in total. The van der Waals surface area contributed by atoms with Gasteiger partial charge in [-0.3, -0.25) is 4.79 Å². The highest BCUT2D eigenvalue weighted by Gasteiger charge is 2.28. The van der Waals surface area contributed by atoms with E-state index < -0.39 is 5.60 Å². The molecule has 2 aromatic rings. The van der Waals surface area contributed by atoms with Gasteiger partial charge in [0.25, 0.3) is 0 Å². The van der Waals surface area contributed by atoms with Crippen LogP contribution in [0.3, 0.4) is 0 Å². The molecule has 2 aliphatic heterocycles. The maximum absolute atomic E-state index is 12.4. The Morgan fingerprint density at radius 1 is 1.31 bits per heavy atom. The summed E-state index contributed by atoms with van der Waals surface area (Å²) < 4.78 is 16.9. The fraction of sp³-hybridized carbons (Fsp3) is 0.560. The van der Waals surface area contributed by atoms with Gasteiger partial charge in [-0.05, 0) is 38.5 Å². The van der Waals surface area contributed by atoms with Gasteiger partial charge in [-0.2, -0.15) is 0 Å². The van der Waals surface area contributed by atoms with Gasteiger partial charge in [0.2, 0.25) is 11.8 Å². The quantitative estimate of drug-likeness (QED) is 0.509. The largest absolute Gasteiger partial charge is 0.489 e. The number of ether oxygens (including phenoxy) is 3. The van der Waals surface area contributed by atoms with Gasteiger partial charge in [-0.25, -0.2) is 9.97 Å². The molecule has 2 saturated heterocycles. The van der Waals surface area contributed by atoms with Crippen molar-refractivity contribution in [1.29, 1.82) is 0 Å². The second-order valence-corrected chi connectivity index (χ2v) is 10.2. The predicted octanol–water partition coefficient (Wildman–Crippen LogP) is 2.80. The number of aromatic nitrogens is 2. The van der Waals surface area contributed by atoms with Crippen LogP contribution < -0.4 is 19.7 Å². The second-order valence-electron chi connectivity index (χ2n) is 9.83. The highest BCUT2D eigenvalue weighted by molar-refractivity contribution is 6.34. The second kappa shape index (κ2) is 11.0. The molecule has 4 rings (SSSR count). The first-order valence-electron chi connectivity index (χ1n) is 11.9. The number of nitrogens with zero attached hydrogens (tertiary/aromatic N) is 3. The lowest BCUT2D eigenvalue weighted by Gasteiger charge is -2.26. The maximum atomic E-state index is 12.4. The predicted molar refractivity (Wildman–Crippen MR) is 132 cm³/mol. The summed E-state index contributed by atoms with van der Waals surface area (Å²) in [5, 5.41) is 13.2. The summed E-state index contributed by atoms with van der Waals surface area (Å²) in [6.07, 6.45) is 2.19. The van der Waals surface area contributed by atoms with E-state index >= 15 is 0 Å². The first-order valence-corrected chi connectivity index (χ1v) is 12.3. The van der Waals surface area contributed by atoms with Crippen LogP contribution in [-0.2, 0) is 9.53 Å². The lowest BCUT2D eigenvalue weighted by atomic mass is 9.99. The molecular formula is C25H33ClN4O5. The Labute approximate surface area is 210 Å². The number of aliphatic hydroxyl groups is 1. The SMILES string of the molecule is CC(C(=O)NCC1COC1)c1ccc(O[C@@H]2CCN(c3ncnc(OCC(C)(C)O)c3Cl)C2)cc1. The molecular weight excluding hydrogens is 472 g/mol. The van der Waals surface area contributed by atoms with Crippen molar-refractivity contribution in [2.24, 2.45) is 5.92 Å². The van der Waals surface area contributed by atoms with E-state index in [1.165, 1.54) is 6.33 Å². The number of nitrogens with one attached hydrogen (secondary N) is 1. The number of carbonyl (C=O) groups is 1. The van der Waals surface area contributed by atoms with Crippen LogP contribution in [0.15, 0.2) is 30.6 Å². The summed E-state index contributed by atoms with van der Waals surface area (Å²) in [4.78, 5) is 22.9. The molecule has 10 heteroatoms. The number of carbonyl (C=O) groups excluding carboxylic acids is 1. The van der Waals surface area contributed by atoms with Gasteiger partial charge < -0.3 is 29.5 Å². The van der Waals surface area contributed by atoms with Crippen molar-refractivity contribution in [3.63, 3.8) is 0 Å². The molecule has 1 amide bonds. The Morgan fingerprint density at radius 3 is 2.71 bits per heavy atom. The molecule has 2 fully saturated rings. The lowest BCUT2D eigenvalue weighted by molar-refractivity contribution is -0.123. The summed E-state index contributed by atoms with van der Waals surface area (Å²) in [6, 6.07) is 7.68. The van der Waals surface area contributed by atoms with E-state index in [4.69, 9.17) is 25.8 Å². The Bertz CT molecular complexity index is 1010. The molecule has 0 saturated carbocycles. The molecule has 3 heterocycles. The first-order chi connectivity index (χ1) is 16.7.